The number of ether oxygens (including phenoxy) is 1. The number of benzene rings is 1. The highest BCUT2D eigenvalue weighted by atomic mass is 19.1. The standard InChI is InChI=1S/C9H11FN2O/c10-5-6-13-8-3-1-7(2-4-8)9(11)12/h1-4H,5-6H2,(H3,11,12). The van der Waals surface area contributed by atoms with Gasteiger partial charge in [-0.25, -0.2) is 4.39 Å². The van der Waals surface area contributed by atoms with Gasteiger partial charge in [-0.05, 0) is 24.3 Å². The van der Waals surface area contributed by atoms with Crippen LogP contribution in [0.5, 0.6) is 5.75 Å². The van der Waals surface area contributed by atoms with Crippen molar-refractivity contribution in [2.45, 2.75) is 0 Å². The van der Waals surface area contributed by atoms with Crippen molar-refractivity contribution in [1.29, 1.82) is 5.41 Å². The van der Waals surface area contributed by atoms with Gasteiger partial charge in [-0.3, -0.25) is 5.41 Å². The van der Waals surface area contributed by atoms with Crippen LogP contribution in [0.25, 0.3) is 0 Å². The Morgan fingerprint density at radius 1 is 1.38 bits per heavy atom. The van der Waals surface area contributed by atoms with Gasteiger partial charge in [0.1, 0.15) is 24.9 Å². The molecule has 0 amide bonds. The first-order valence-electron chi connectivity index (χ1n) is 3.87. The Hall–Kier alpha value is -1.58. The lowest BCUT2D eigenvalue weighted by molar-refractivity contribution is 0.273. The van der Waals surface area contributed by atoms with Gasteiger partial charge in [-0.15, -0.1) is 0 Å². The number of nitrogens with two attached hydrogens (primary N) is 1. The van der Waals surface area contributed by atoms with E-state index < -0.39 is 6.67 Å². The Balaban J connectivity index is 2.64. The smallest absolute Gasteiger partial charge is 0.123 e. The molecule has 0 aliphatic rings. The summed E-state index contributed by atoms with van der Waals surface area (Å²) in [6.07, 6.45) is 0. The third-order valence-electron chi connectivity index (χ3n) is 1.51. The molecule has 4 heteroatoms. The number of hydrogen-bond acceptors (Lipinski definition) is 2. The van der Waals surface area contributed by atoms with Gasteiger partial charge in [0.05, 0.1) is 0 Å². The van der Waals surface area contributed by atoms with Crippen molar-refractivity contribution in [2.75, 3.05) is 13.3 Å². The number of rotatable bonds is 4. The van der Waals surface area contributed by atoms with E-state index in [0.717, 1.165) is 0 Å². The minimum absolute atomic E-state index is 0.0111. The highest BCUT2D eigenvalue weighted by Gasteiger charge is 1.96. The predicted octanol–water partition coefficient (Wildman–Crippen LogP) is 1.32. The maximum absolute atomic E-state index is 11.7. The molecule has 3 N–H and O–H groups in total. The lowest BCUT2D eigenvalue weighted by Gasteiger charge is -2.03. The summed E-state index contributed by atoms with van der Waals surface area (Å²) in [5, 5.41) is 7.12. The van der Waals surface area contributed by atoms with E-state index in [9.17, 15) is 4.39 Å². The molecule has 13 heavy (non-hydrogen) atoms. The molecule has 0 saturated heterocycles. The van der Waals surface area contributed by atoms with Crippen LogP contribution < -0.4 is 10.5 Å². The Bertz CT molecular complexity index is 284. The maximum Gasteiger partial charge on any atom is 0.123 e. The maximum atomic E-state index is 11.7. The quantitative estimate of drug-likeness (QED) is 0.545. The summed E-state index contributed by atoms with van der Waals surface area (Å²) in [5.74, 6) is 0.597. The number of nitrogen functional groups attached to an aromatic ring is 1. The van der Waals surface area contributed by atoms with Gasteiger partial charge < -0.3 is 10.5 Å². The predicted molar refractivity (Wildman–Crippen MR) is 48.9 cm³/mol. The molecule has 1 aromatic rings. The molecule has 0 atom stereocenters. The highest BCUT2D eigenvalue weighted by Crippen LogP contribution is 2.11. The van der Waals surface area contributed by atoms with Crippen molar-refractivity contribution in [1.82, 2.24) is 0 Å². The van der Waals surface area contributed by atoms with Gasteiger partial charge in [0.2, 0.25) is 0 Å². The minimum atomic E-state index is -0.505. The Morgan fingerprint density at radius 3 is 2.46 bits per heavy atom. The van der Waals surface area contributed by atoms with E-state index in [1.165, 1.54) is 0 Å². The first kappa shape index (κ1) is 9.51. The number of nitrogens with one attached hydrogen (secondary N) is 1. The minimum Gasteiger partial charge on any atom is -0.491 e. The second kappa shape index (κ2) is 4.45. The van der Waals surface area contributed by atoms with E-state index in [1.807, 2.05) is 0 Å². The normalized spacial score (nSPS) is 9.62. The summed E-state index contributed by atoms with van der Waals surface area (Å²) >= 11 is 0. The van der Waals surface area contributed by atoms with Crippen LogP contribution in [0.3, 0.4) is 0 Å². The van der Waals surface area contributed by atoms with E-state index in [1.54, 1.807) is 24.3 Å². The zero-order valence-corrected chi connectivity index (χ0v) is 7.09. The summed E-state index contributed by atoms with van der Waals surface area (Å²) in [5.41, 5.74) is 5.88. The van der Waals surface area contributed by atoms with Crippen molar-refractivity contribution < 1.29 is 9.13 Å². The van der Waals surface area contributed by atoms with Crippen molar-refractivity contribution in [3.63, 3.8) is 0 Å². The summed E-state index contributed by atoms with van der Waals surface area (Å²) < 4.78 is 16.7. The van der Waals surface area contributed by atoms with Crippen LogP contribution in [-0.2, 0) is 0 Å². The van der Waals surface area contributed by atoms with Crippen molar-refractivity contribution in [3.05, 3.63) is 29.8 Å². The molecule has 3 nitrogen and oxygen atoms in total. The number of amidine groups is 1. The van der Waals surface area contributed by atoms with Crippen LogP contribution in [0.4, 0.5) is 4.39 Å². The third-order valence-corrected chi connectivity index (χ3v) is 1.51. The monoisotopic (exact) mass is 182 g/mol. The van der Waals surface area contributed by atoms with Gasteiger partial charge >= 0.3 is 0 Å². The molecular weight excluding hydrogens is 171 g/mol. The largest absolute Gasteiger partial charge is 0.491 e. The molecule has 0 bridgehead atoms. The van der Waals surface area contributed by atoms with Gasteiger partial charge in [-0.1, -0.05) is 0 Å². The Labute approximate surface area is 75.8 Å². The van der Waals surface area contributed by atoms with E-state index in [-0.39, 0.29) is 12.4 Å². The second-order valence-electron chi connectivity index (χ2n) is 2.48. The van der Waals surface area contributed by atoms with E-state index in [2.05, 4.69) is 0 Å². The van der Waals surface area contributed by atoms with Crippen molar-refractivity contribution in [2.24, 2.45) is 5.73 Å². The van der Waals surface area contributed by atoms with Crippen molar-refractivity contribution >= 4 is 5.84 Å². The van der Waals surface area contributed by atoms with Gasteiger partial charge in [0.25, 0.3) is 0 Å². The fraction of sp³-hybridized carbons (Fsp3) is 0.222. The van der Waals surface area contributed by atoms with Crippen LogP contribution in [-0.4, -0.2) is 19.1 Å². The van der Waals surface area contributed by atoms with Crippen LogP contribution >= 0.6 is 0 Å². The van der Waals surface area contributed by atoms with Crippen LogP contribution in [0.15, 0.2) is 24.3 Å². The SMILES string of the molecule is N=C(N)c1ccc(OCCF)cc1. The summed E-state index contributed by atoms with van der Waals surface area (Å²) in [7, 11) is 0. The van der Waals surface area contributed by atoms with E-state index >= 15 is 0 Å². The molecule has 0 spiro atoms. The molecule has 0 unspecified atom stereocenters. The lowest BCUT2D eigenvalue weighted by Crippen LogP contribution is -2.10. The lowest BCUT2D eigenvalue weighted by atomic mass is 10.2. The van der Waals surface area contributed by atoms with Crippen LogP contribution in [0, 0.1) is 5.41 Å². The van der Waals surface area contributed by atoms with Gasteiger partial charge in [-0.2, -0.15) is 0 Å². The topological polar surface area (TPSA) is 59.1 Å². The van der Waals surface area contributed by atoms with Crippen molar-refractivity contribution in [3.8, 4) is 5.75 Å². The molecular formula is C9H11FN2O. The van der Waals surface area contributed by atoms with Crippen LogP contribution in [0.2, 0.25) is 0 Å². The van der Waals surface area contributed by atoms with E-state index in [0.29, 0.717) is 11.3 Å². The molecule has 0 radical (unpaired) electrons. The summed E-state index contributed by atoms with van der Waals surface area (Å²) in [6.45, 7) is -0.451. The highest BCUT2D eigenvalue weighted by molar-refractivity contribution is 5.94. The number of hydrogen-bond donors (Lipinski definition) is 2. The van der Waals surface area contributed by atoms with Crippen LogP contribution in [0.1, 0.15) is 5.56 Å². The van der Waals surface area contributed by atoms with Gasteiger partial charge in [0, 0.05) is 5.56 Å². The number of halogens is 1. The molecule has 0 aliphatic heterocycles. The second-order valence-corrected chi connectivity index (χ2v) is 2.48. The fourth-order valence-corrected chi connectivity index (χ4v) is 0.887. The average molecular weight is 182 g/mol. The zero-order chi connectivity index (χ0) is 9.68. The van der Waals surface area contributed by atoms with E-state index in [4.69, 9.17) is 15.9 Å². The van der Waals surface area contributed by atoms with Gasteiger partial charge in [0.15, 0.2) is 0 Å². The Morgan fingerprint density at radius 2 is 2.00 bits per heavy atom. The third kappa shape index (κ3) is 2.74. The fourth-order valence-electron chi connectivity index (χ4n) is 0.887. The molecule has 0 saturated carbocycles. The Kier molecular flexibility index (Phi) is 3.25. The summed E-state index contributed by atoms with van der Waals surface area (Å²) in [4.78, 5) is 0. The molecule has 0 aromatic heterocycles. The zero-order valence-electron chi connectivity index (χ0n) is 7.09. The molecule has 1 rings (SSSR count). The first-order chi connectivity index (χ1) is 6.24. The molecule has 0 aliphatic carbocycles. The number of alkyl halides is 1. The molecule has 1 aromatic carbocycles. The summed E-state index contributed by atoms with van der Waals surface area (Å²) in [6, 6.07) is 6.64. The average Bonchev–Trinajstić information content (AvgIpc) is 2.15. The first-order valence-corrected chi connectivity index (χ1v) is 3.87. The molecule has 0 heterocycles. The molecule has 70 valence electrons. The molecule has 0 fully saturated rings.